The summed E-state index contributed by atoms with van der Waals surface area (Å²) in [6, 6.07) is 7.36. The summed E-state index contributed by atoms with van der Waals surface area (Å²) in [6.45, 7) is 0.467. The molecule has 0 radical (unpaired) electrons. The van der Waals surface area contributed by atoms with E-state index in [1.807, 2.05) is 0 Å². The number of para-hydroxylation sites is 1. The van der Waals surface area contributed by atoms with Gasteiger partial charge in [0.25, 0.3) is 5.91 Å². The molecule has 2 aromatic rings. The Bertz CT molecular complexity index is 808. The van der Waals surface area contributed by atoms with E-state index in [1.165, 1.54) is 35.6 Å². The summed E-state index contributed by atoms with van der Waals surface area (Å²) in [7, 11) is 1.68. The summed E-state index contributed by atoms with van der Waals surface area (Å²) >= 11 is 1.18. The lowest BCUT2D eigenvalue weighted by atomic mass is 10.2. The zero-order chi connectivity index (χ0) is 20.0. The number of thiophene rings is 1. The fourth-order valence-corrected chi connectivity index (χ4v) is 3.12. The number of benzene rings is 1. The van der Waals surface area contributed by atoms with Gasteiger partial charge in [0.2, 0.25) is 5.91 Å². The highest BCUT2D eigenvalue weighted by Gasteiger charge is 2.32. The predicted molar refractivity (Wildman–Crippen MR) is 95.5 cm³/mol. The van der Waals surface area contributed by atoms with Crippen molar-refractivity contribution < 1.29 is 27.5 Å². The van der Waals surface area contributed by atoms with Gasteiger partial charge in [0, 0.05) is 25.1 Å². The van der Waals surface area contributed by atoms with E-state index in [-0.39, 0.29) is 30.2 Å². The van der Waals surface area contributed by atoms with Crippen LogP contribution in [0.2, 0.25) is 0 Å². The van der Waals surface area contributed by atoms with Gasteiger partial charge in [-0.3, -0.25) is 9.59 Å². The van der Waals surface area contributed by atoms with Crippen molar-refractivity contribution in [1.29, 1.82) is 0 Å². The highest BCUT2D eigenvalue weighted by atomic mass is 32.1. The fourth-order valence-electron chi connectivity index (χ4n) is 2.31. The zero-order valence-corrected chi connectivity index (χ0v) is 15.2. The molecule has 27 heavy (non-hydrogen) atoms. The van der Waals surface area contributed by atoms with Gasteiger partial charge in [-0.1, -0.05) is 18.2 Å². The lowest BCUT2D eigenvalue weighted by Gasteiger charge is -2.19. The number of halogens is 3. The standard InChI is InChI=1S/C17H18F3N3O3S/c1-23(10-11-4-2-3-5-13(11)26-17(18,19)20)8-6-14(24)22-16-12(15(21)25)7-9-27-16/h2-5,7,9H,6,8,10H2,1H3,(H2,21,25)(H,22,24). The lowest BCUT2D eigenvalue weighted by molar-refractivity contribution is -0.275. The van der Waals surface area contributed by atoms with Crippen LogP contribution >= 0.6 is 11.3 Å². The largest absolute Gasteiger partial charge is 0.573 e. The van der Waals surface area contributed by atoms with Crippen LogP contribution in [0.3, 0.4) is 0 Å². The van der Waals surface area contributed by atoms with Gasteiger partial charge in [0.1, 0.15) is 10.8 Å². The second kappa shape index (κ2) is 8.87. The summed E-state index contributed by atoms with van der Waals surface area (Å²) in [4.78, 5) is 25.0. The van der Waals surface area contributed by atoms with Crippen LogP contribution in [0.4, 0.5) is 18.2 Å². The average molecular weight is 401 g/mol. The fraction of sp³-hybridized carbons (Fsp3) is 0.294. The Hall–Kier alpha value is -2.59. The van der Waals surface area contributed by atoms with Crippen molar-refractivity contribution in [2.45, 2.75) is 19.3 Å². The van der Waals surface area contributed by atoms with Crippen LogP contribution in [-0.4, -0.2) is 36.7 Å². The van der Waals surface area contributed by atoms with Gasteiger partial charge in [0.15, 0.2) is 0 Å². The molecule has 0 saturated heterocycles. The van der Waals surface area contributed by atoms with Gasteiger partial charge >= 0.3 is 6.36 Å². The van der Waals surface area contributed by atoms with Gasteiger partial charge < -0.3 is 20.7 Å². The summed E-state index contributed by atoms with van der Waals surface area (Å²) in [5.41, 5.74) is 5.81. The summed E-state index contributed by atoms with van der Waals surface area (Å²) < 4.78 is 41.4. The number of ether oxygens (including phenoxy) is 1. The second-order valence-electron chi connectivity index (χ2n) is 5.72. The van der Waals surface area contributed by atoms with Crippen LogP contribution in [0, 0.1) is 0 Å². The second-order valence-corrected chi connectivity index (χ2v) is 6.64. The smallest absolute Gasteiger partial charge is 0.405 e. The van der Waals surface area contributed by atoms with E-state index in [1.54, 1.807) is 23.4 Å². The van der Waals surface area contributed by atoms with E-state index >= 15 is 0 Å². The lowest BCUT2D eigenvalue weighted by Crippen LogP contribution is -2.25. The van der Waals surface area contributed by atoms with Crippen molar-refractivity contribution in [2.75, 3.05) is 18.9 Å². The SMILES string of the molecule is CN(CCC(=O)Nc1sccc1C(N)=O)Cc1ccccc1OC(F)(F)F. The molecule has 1 aromatic heterocycles. The van der Waals surface area contributed by atoms with E-state index in [4.69, 9.17) is 5.73 Å². The third-order valence-corrected chi connectivity index (χ3v) is 4.37. The highest BCUT2D eigenvalue weighted by molar-refractivity contribution is 7.14. The first-order valence-electron chi connectivity index (χ1n) is 7.85. The monoisotopic (exact) mass is 401 g/mol. The maximum absolute atomic E-state index is 12.5. The molecule has 1 aromatic carbocycles. The molecule has 146 valence electrons. The van der Waals surface area contributed by atoms with E-state index in [0.29, 0.717) is 17.1 Å². The van der Waals surface area contributed by atoms with Gasteiger partial charge in [-0.15, -0.1) is 24.5 Å². The summed E-state index contributed by atoms with van der Waals surface area (Å²) in [5, 5.41) is 4.62. The number of nitrogens with one attached hydrogen (secondary N) is 1. The predicted octanol–water partition coefficient (Wildman–Crippen LogP) is 3.21. The summed E-state index contributed by atoms with van der Waals surface area (Å²) in [5.74, 6) is -1.23. The molecule has 0 unspecified atom stereocenters. The molecule has 1 heterocycles. The molecule has 2 amide bonds. The molecule has 0 spiro atoms. The molecule has 0 aliphatic heterocycles. The molecular formula is C17H18F3N3O3S. The van der Waals surface area contributed by atoms with Crippen LogP contribution < -0.4 is 15.8 Å². The molecule has 0 bridgehead atoms. The molecule has 0 aliphatic rings. The molecule has 2 rings (SSSR count). The minimum atomic E-state index is -4.77. The highest BCUT2D eigenvalue weighted by Crippen LogP contribution is 2.27. The average Bonchev–Trinajstić information content (AvgIpc) is 3.02. The maximum atomic E-state index is 12.5. The topological polar surface area (TPSA) is 84.7 Å². The molecule has 10 heteroatoms. The third kappa shape index (κ3) is 6.57. The quantitative estimate of drug-likeness (QED) is 0.711. The first-order chi connectivity index (χ1) is 12.7. The Kier molecular flexibility index (Phi) is 6.81. The van der Waals surface area contributed by atoms with E-state index in [9.17, 15) is 22.8 Å². The number of carbonyl (C=O) groups is 2. The van der Waals surface area contributed by atoms with Crippen molar-refractivity contribution in [3.8, 4) is 5.75 Å². The third-order valence-electron chi connectivity index (χ3n) is 3.54. The van der Waals surface area contributed by atoms with Crippen molar-refractivity contribution in [2.24, 2.45) is 5.73 Å². The van der Waals surface area contributed by atoms with Crippen LogP contribution in [-0.2, 0) is 11.3 Å². The van der Waals surface area contributed by atoms with E-state index in [0.717, 1.165) is 0 Å². The number of primary amides is 1. The first kappa shape index (κ1) is 20.7. The number of carbonyl (C=O) groups excluding carboxylic acids is 2. The normalized spacial score (nSPS) is 11.4. The van der Waals surface area contributed by atoms with Crippen molar-refractivity contribution in [3.05, 3.63) is 46.8 Å². The van der Waals surface area contributed by atoms with Gasteiger partial charge in [0.05, 0.1) is 5.56 Å². The molecule has 6 nitrogen and oxygen atoms in total. The van der Waals surface area contributed by atoms with E-state index in [2.05, 4.69) is 10.1 Å². The Labute approximate surface area is 157 Å². The van der Waals surface area contributed by atoms with Crippen molar-refractivity contribution in [1.82, 2.24) is 4.90 Å². The minimum Gasteiger partial charge on any atom is -0.405 e. The molecule has 0 saturated carbocycles. The maximum Gasteiger partial charge on any atom is 0.573 e. The number of nitrogens with two attached hydrogens (primary N) is 1. The minimum absolute atomic E-state index is 0.0922. The van der Waals surface area contributed by atoms with Crippen LogP contribution in [0.15, 0.2) is 35.7 Å². The Morgan fingerprint density at radius 3 is 2.63 bits per heavy atom. The molecular weight excluding hydrogens is 383 g/mol. The number of hydrogen-bond acceptors (Lipinski definition) is 5. The summed E-state index contributed by atoms with van der Waals surface area (Å²) in [6.07, 6.45) is -4.68. The van der Waals surface area contributed by atoms with E-state index < -0.39 is 12.3 Å². The number of rotatable bonds is 8. The van der Waals surface area contributed by atoms with Gasteiger partial charge in [-0.25, -0.2) is 0 Å². The number of anilines is 1. The Morgan fingerprint density at radius 2 is 1.96 bits per heavy atom. The number of hydrogen-bond donors (Lipinski definition) is 2. The zero-order valence-electron chi connectivity index (χ0n) is 14.4. The van der Waals surface area contributed by atoms with Crippen LogP contribution in [0.1, 0.15) is 22.3 Å². The van der Waals surface area contributed by atoms with Gasteiger partial charge in [-0.2, -0.15) is 0 Å². The van der Waals surface area contributed by atoms with Gasteiger partial charge in [-0.05, 0) is 24.6 Å². The Balaban J connectivity index is 1.89. The molecule has 0 aliphatic carbocycles. The molecule has 3 N–H and O–H groups in total. The number of nitrogens with zero attached hydrogens (tertiary/aromatic N) is 1. The van der Waals surface area contributed by atoms with Crippen molar-refractivity contribution >= 4 is 28.2 Å². The molecule has 0 atom stereocenters. The molecule has 0 fully saturated rings. The van der Waals surface area contributed by atoms with Crippen LogP contribution in [0.25, 0.3) is 0 Å². The first-order valence-corrected chi connectivity index (χ1v) is 8.73. The number of alkyl halides is 3. The van der Waals surface area contributed by atoms with Crippen molar-refractivity contribution in [3.63, 3.8) is 0 Å². The van der Waals surface area contributed by atoms with Crippen LogP contribution in [0.5, 0.6) is 5.75 Å². The Morgan fingerprint density at radius 1 is 1.26 bits per heavy atom. The number of amides is 2.